The molecule has 0 aliphatic heterocycles. The van der Waals surface area contributed by atoms with E-state index in [9.17, 15) is 9.59 Å². The first-order valence-electron chi connectivity index (χ1n) is 5.88. The zero-order chi connectivity index (χ0) is 14.6. The number of benzene rings is 1. The first-order chi connectivity index (χ1) is 8.74. The number of rotatable bonds is 4. The van der Waals surface area contributed by atoms with E-state index in [1.165, 1.54) is 7.11 Å². The lowest BCUT2D eigenvalue weighted by molar-refractivity contribution is 0.0599. The van der Waals surface area contributed by atoms with Crippen molar-refractivity contribution in [2.75, 3.05) is 31.8 Å². The Balaban J connectivity index is 2.83. The third kappa shape index (κ3) is 4.59. The maximum atomic E-state index is 12.0. The number of methoxy groups -OCH3 is 1. The van der Waals surface area contributed by atoms with E-state index >= 15 is 0 Å². The zero-order valence-corrected chi connectivity index (χ0v) is 12.9. The Kier molecular flexibility index (Phi) is 5.00. The fourth-order valence-corrected chi connectivity index (χ4v) is 2.09. The monoisotopic (exact) mass is 283 g/mol. The molecule has 1 amide bonds. The van der Waals surface area contributed by atoms with Crippen LogP contribution < -0.4 is 5.32 Å². The lowest BCUT2D eigenvalue weighted by Gasteiger charge is -2.25. The quantitative estimate of drug-likeness (QED) is 0.862. The molecule has 19 heavy (non-hydrogen) atoms. The van der Waals surface area contributed by atoms with Crippen LogP contribution >= 0.6 is 10.0 Å². The van der Waals surface area contributed by atoms with Crippen LogP contribution in [0.25, 0.3) is 0 Å². The number of hydrogen-bond donors (Lipinski definition) is 1. The Morgan fingerprint density at radius 3 is 2.37 bits per heavy atom. The third-order valence-electron chi connectivity index (χ3n) is 2.56. The second-order valence-electron chi connectivity index (χ2n) is 5.26. The summed E-state index contributed by atoms with van der Waals surface area (Å²) < 4.78 is 4.67. The molecule has 0 saturated carbocycles. The third-order valence-corrected chi connectivity index (χ3v) is 3.57. The molecule has 0 fully saturated rings. The molecule has 1 N–H and O–H groups in total. The molecule has 4 nitrogen and oxygen atoms in total. The van der Waals surface area contributed by atoms with E-state index in [4.69, 9.17) is 0 Å². The molecular weight excluding hydrogens is 262 g/mol. The van der Waals surface area contributed by atoms with Gasteiger partial charge in [0, 0.05) is 11.4 Å². The summed E-state index contributed by atoms with van der Waals surface area (Å²) in [7, 11) is 0.573. The molecule has 1 aromatic rings. The van der Waals surface area contributed by atoms with Crippen molar-refractivity contribution in [3.8, 4) is 0 Å². The molecule has 0 spiro atoms. The lowest BCUT2D eigenvalue weighted by atomic mass is 10.0. The summed E-state index contributed by atoms with van der Waals surface area (Å²) in [5, 5.41) is 2.91. The molecule has 5 heteroatoms. The Morgan fingerprint density at radius 2 is 1.89 bits per heavy atom. The molecular formula is C14H21NO3S. The van der Waals surface area contributed by atoms with Crippen LogP contribution in [0.5, 0.6) is 0 Å². The van der Waals surface area contributed by atoms with Gasteiger partial charge in [-0.3, -0.25) is 4.79 Å². The SMILES string of the molecule is COC(=O)c1ccc(C(=O)NCS(C)(C)C)cc1C. The van der Waals surface area contributed by atoms with Crippen molar-refractivity contribution in [2.24, 2.45) is 0 Å². The highest BCUT2D eigenvalue weighted by molar-refractivity contribution is 8.32. The average Bonchev–Trinajstić information content (AvgIpc) is 2.34. The van der Waals surface area contributed by atoms with Crippen molar-refractivity contribution in [3.63, 3.8) is 0 Å². The normalized spacial score (nSPS) is 11.8. The lowest BCUT2D eigenvalue weighted by Crippen LogP contribution is -2.27. The Bertz CT molecular complexity index is 492. The summed E-state index contributed by atoms with van der Waals surface area (Å²) in [5.74, 6) is 0.189. The number of nitrogens with one attached hydrogen (secondary N) is 1. The van der Waals surface area contributed by atoms with Crippen LogP contribution in [-0.2, 0) is 4.74 Å². The number of aryl methyl sites for hydroxylation is 1. The molecule has 0 radical (unpaired) electrons. The van der Waals surface area contributed by atoms with Crippen molar-refractivity contribution in [1.29, 1.82) is 0 Å². The maximum Gasteiger partial charge on any atom is 0.338 e. The highest BCUT2D eigenvalue weighted by Crippen LogP contribution is 2.32. The Morgan fingerprint density at radius 1 is 1.26 bits per heavy atom. The highest BCUT2D eigenvalue weighted by Gasteiger charge is 2.13. The molecule has 0 unspecified atom stereocenters. The van der Waals surface area contributed by atoms with E-state index in [2.05, 4.69) is 28.8 Å². The Hall–Kier alpha value is -1.49. The van der Waals surface area contributed by atoms with Gasteiger partial charge in [0.15, 0.2) is 0 Å². The van der Waals surface area contributed by atoms with Crippen molar-refractivity contribution < 1.29 is 14.3 Å². The molecule has 0 bridgehead atoms. The first-order valence-corrected chi connectivity index (χ1v) is 8.90. The van der Waals surface area contributed by atoms with Gasteiger partial charge in [0.2, 0.25) is 0 Å². The molecule has 0 aromatic heterocycles. The standard InChI is InChI=1S/C14H21NO3S/c1-10-8-11(6-7-12(10)14(17)18-2)13(16)15-9-19(3,4)5/h6-8H,9H2,1-5H3,(H,15,16). The molecule has 1 rings (SSSR count). The van der Waals surface area contributed by atoms with Crippen LogP contribution in [-0.4, -0.2) is 43.6 Å². The highest BCUT2D eigenvalue weighted by atomic mass is 32.3. The van der Waals surface area contributed by atoms with Gasteiger partial charge in [0.25, 0.3) is 5.91 Å². The smallest absolute Gasteiger partial charge is 0.338 e. The fraction of sp³-hybridized carbons (Fsp3) is 0.429. The minimum atomic E-state index is -0.769. The van der Waals surface area contributed by atoms with Gasteiger partial charge in [-0.2, -0.15) is 0 Å². The van der Waals surface area contributed by atoms with Gasteiger partial charge in [0.05, 0.1) is 12.7 Å². The van der Waals surface area contributed by atoms with Crippen molar-refractivity contribution in [1.82, 2.24) is 5.32 Å². The van der Waals surface area contributed by atoms with Crippen molar-refractivity contribution in [3.05, 3.63) is 34.9 Å². The minimum absolute atomic E-state index is 0.109. The predicted octanol–water partition coefficient (Wildman–Crippen LogP) is 2.16. The molecule has 0 aliphatic carbocycles. The minimum Gasteiger partial charge on any atom is -0.465 e. The number of hydrogen-bond acceptors (Lipinski definition) is 3. The van der Waals surface area contributed by atoms with Crippen molar-refractivity contribution in [2.45, 2.75) is 6.92 Å². The van der Waals surface area contributed by atoms with Crippen LogP contribution in [0.4, 0.5) is 0 Å². The largest absolute Gasteiger partial charge is 0.465 e. The second kappa shape index (κ2) is 6.10. The summed E-state index contributed by atoms with van der Waals surface area (Å²) >= 11 is 0. The van der Waals surface area contributed by atoms with Gasteiger partial charge in [-0.25, -0.2) is 14.8 Å². The molecule has 0 heterocycles. The molecule has 106 valence electrons. The van der Waals surface area contributed by atoms with Gasteiger partial charge >= 0.3 is 5.97 Å². The van der Waals surface area contributed by atoms with E-state index < -0.39 is 10.0 Å². The average molecular weight is 283 g/mol. The van der Waals surface area contributed by atoms with E-state index in [0.29, 0.717) is 17.0 Å². The zero-order valence-electron chi connectivity index (χ0n) is 12.1. The first kappa shape index (κ1) is 15.6. The summed E-state index contributed by atoms with van der Waals surface area (Å²) in [4.78, 5) is 23.4. The number of esters is 1. The number of amides is 1. The van der Waals surface area contributed by atoms with E-state index in [-0.39, 0.29) is 11.9 Å². The molecule has 0 atom stereocenters. The van der Waals surface area contributed by atoms with Gasteiger partial charge in [0.1, 0.15) is 0 Å². The van der Waals surface area contributed by atoms with Crippen LogP contribution in [0, 0.1) is 6.92 Å². The molecule has 0 saturated heterocycles. The molecule has 1 aromatic carbocycles. The second-order valence-corrected chi connectivity index (χ2v) is 9.73. The van der Waals surface area contributed by atoms with Crippen LogP contribution in [0.1, 0.15) is 26.3 Å². The van der Waals surface area contributed by atoms with Gasteiger partial charge in [-0.15, -0.1) is 0 Å². The van der Waals surface area contributed by atoms with Gasteiger partial charge in [-0.05, 0) is 49.5 Å². The predicted molar refractivity (Wildman–Crippen MR) is 80.2 cm³/mol. The topological polar surface area (TPSA) is 55.4 Å². The summed E-state index contributed by atoms with van der Waals surface area (Å²) in [6.45, 7) is 1.79. The van der Waals surface area contributed by atoms with Crippen LogP contribution in [0.15, 0.2) is 18.2 Å². The summed E-state index contributed by atoms with van der Waals surface area (Å²) in [5.41, 5.74) is 1.79. The fourth-order valence-electron chi connectivity index (χ4n) is 1.53. The van der Waals surface area contributed by atoms with Crippen molar-refractivity contribution >= 4 is 21.9 Å². The van der Waals surface area contributed by atoms with Gasteiger partial charge in [-0.1, -0.05) is 0 Å². The maximum absolute atomic E-state index is 12.0. The van der Waals surface area contributed by atoms with Gasteiger partial charge < -0.3 is 10.1 Å². The number of carbonyl (C=O) groups is 2. The number of ether oxygens (including phenoxy) is 1. The van der Waals surface area contributed by atoms with Crippen LogP contribution in [0.3, 0.4) is 0 Å². The summed E-state index contributed by atoms with van der Waals surface area (Å²) in [6, 6.07) is 4.98. The Labute approximate surface area is 115 Å². The van der Waals surface area contributed by atoms with E-state index in [1.807, 2.05) is 0 Å². The summed E-state index contributed by atoms with van der Waals surface area (Å²) in [6.07, 6.45) is 6.41. The van der Waals surface area contributed by atoms with E-state index in [0.717, 1.165) is 5.56 Å². The van der Waals surface area contributed by atoms with Crippen LogP contribution in [0.2, 0.25) is 0 Å². The number of carbonyl (C=O) groups excluding carboxylic acids is 2. The molecule has 0 aliphatic rings. The van der Waals surface area contributed by atoms with E-state index in [1.54, 1.807) is 25.1 Å².